The summed E-state index contributed by atoms with van der Waals surface area (Å²) in [6, 6.07) is 12.9. The van der Waals surface area contributed by atoms with E-state index in [0.717, 1.165) is 11.4 Å². The van der Waals surface area contributed by atoms with Crippen LogP contribution in [0.1, 0.15) is 27.3 Å². The first kappa shape index (κ1) is 15.6. The number of hydrogen-bond acceptors (Lipinski definition) is 3. The van der Waals surface area contributed by atoms with Crippen LogP contribution in [0.5, 0.6) is 0 Å². The van der Waals surface area contributed by atoms with Crippen LogP contribution in [0.3, 0.4) is 0 Å². The topological polar surface area (TPSA) is 75.6 Å². The number of nitrogens with zero attached hydrogens (tertiary/aromatic N) is 4. The van der Waals surface area contributed by atoms with E-state index in [4.69, 9.17) is 5.26 Å². The van der Waals surface area contributed by atoms with Gasteiger partial charge in [0, 0.05) is 24.1 Å². The van der Waals surface area contributed by atoms with Gasteiger partial charge in [-0.25, -0.2) is 0 Å². The SMILES string of the molecule is Cc1ccc(C)n1-c1c(C(=O)Nc2cccc(C#N)c2)cnn1C. The van der Waals surface area contributed by atoms with E-state index in [9.17, 15) is 4.79 Å². The molecule has 120 valence electrons. The van der Waals surface area contributed by atoms with Crippen molar-refractivity contribution in [2.24, 2.45) is 7.05 Å². The molecule has 6 nitrogen and oxygen atoms in total. The molecule has 1 amide bonds. The zero-order valence-corrected chi connectivity index (χ0v) is 13.7. The molecule has 3 rings (SSSR count). The molecule has 0 aliphatic carbocycles. The third-order valence-electron chi connectivity index (χ3n) is 3.88. The number of aryl methyl sites for hydroxylation is 3. The average molecular weight is 319 g/mol. The van der Waals surface area contributed by atoms with E-state index in [1.54, 1.807) is 42.2 Å². The van der Waals surface area contributed by atoms with Crippen molar-refractivity contribution in [1.82, 2.24) is 14.3 Å². The van der Waals surface area contributed by atoms with E-state index in [1.807, 2.05) is 30.5 Å². The highest BCUT2D eigenvalue weighted by atomic mass is 16.1. The zero-order valence-electron chi connectivity index (χ0n) is 13.7. The first-order chi connectivity index (χ1) is 11.5. The van der Waals surface area contributed by atoms with Crippen molar-refractivity contribution in [3.63, 3.8) is 0 Å². The fraction of sp³-hybridized carbons (Fsp3) is 0.167. The molecule has 1 N–H and O–H groups in total. The third kappa shape index (κ3) is 2.68. The highest BCUT2D eigenvalue weighted by Crippen LogP contribution is 2.21. The van der Waals surface area contributed by atoms with Crippen LogP contribution in [0, 0.1) is 25.2 Å². The summed E-state index contributed by atoms with van der Waals surface area (Å²) < 4.78 is 3.67. The molecule has 0 aliphatic heterocycles. The number of amides is 1. The standard InChI is InChI=1S/C18H17N5O/c1-12-7-8-13(2)23(12)18-16(11-20-22(18)3)17(24)21-15-6-4-5-14(9-15)10-19/h4-9,11H,1-3H3,(H,21,24). The Bertz CT molecular complexity index is 939. The van der Waals surface area contributed by atoms with Crippen molar-refractivity contribution >= 4 is 11.6 Å². The normalized spacial score (nSPS) is 10.4. The summed E-state index contributed by atoms with van der Waals surface area (Å²) in [4.78, 5) is 12.7. The first-order valence-electron chi connectivity index (χ1n) is 7.50. The quantitative estimate of drug-likeness (QED) is 0.806. The lowest BCUT2D eigenvalue weighted by Crippen LogP contribution is -2.16. The summed E-state index contributed by atoms with van der Waals surface area (Å²) in [7, 11) is 1.81. The molecule has 0 aliphatic rings. The number of carbonyl (C=O) groups is 1. The summed E-state index contributed by atoms with van der Waals surface area (Å²) in [5.74, 6) is 0.449. The molecule has 24 heavy (non-hydrogen) atoms. The maximum atomic E-state index is 12.7. The Kier molecular flexibility index (Phi) is 3.92. The fourth-order valence-corrected chi connectivity index (χ4v) is 2.72. The average Bonchev–Trinajstić information content (AvgIpc) is 3.10. The van der Waals surface area contributed by atoms with Gasteiger partial charge in [0.15, 0.2) is 0 Å². The first-order valence-corrected chi connectivity index (χ1v) is 7.50. The Morgan fingerprint density at radius 3 is 2.58 bits per heavy atom. The van der Waals surface area contributed by atoms with Gasteiger partial charge in [-0.15, -0.1) is 0 Å². The van der Waals surface area contributed by atoms with Crippen LogP contribution < -0.4 is 5.32 Å². The smallest absolute Gasteiger partial charge is 0.261 e. The second-order valence-corrected chi connectivity index (χ2v) is 5.60. The molecule has 2 heterocycles. The molecule has 0 unspecified atom stereocenters. The van der Waals surface area contributed by atoms with E-state index in [-0.39, 0.29) is 5.91 Å². The molecular formula is C18H17N5O. The molecule has 0 saturated heterocycles. The minimum atomic E-state index is -0.263. The number of rotatable bonds is 3. The molecule has 0 saturated carbocycles. The monoisotopic (exact) mass is 319 g/mol. The van der Waals surface area contributed by atoms with Gasteiger partial charge in [-0.1, -0.05) is 6.07 Å². The van der Waals surface area contributed by atoms with Gasteiger partial charge in [-0.2, -0.15) is 10.4 Å². The Balaban J connectivity index is 1.99. The highest BCUT2D eigenvalue weighted by molar-refractivity contribution is 6.06. The van der Waals surface area contributed by atoms with Gasteiger partial charge in [0.2, 0.25) is 0 Å². The van der Waals surface area contributed by atoms with Gasteiger partial charge in [-0.3, -0.25) is 9.48 Å². The number of nitrogens with one attached hydrogen (secondary N) is 1. The Morgan fingerprint density at radius 2 is 1.92 bits per heavy atom. The molecule has 0 spiro atoms. The van der Waals surface area contributed by atoms with E-state index in [1.165, 1.54) is 0 Å². The minimum Gasteiger partial charge on any atom is -0.322 e. The summed E-state index contributed by atoms with van der Waals surface area (Å²) >= 11 is 0. The summed E-state index contributed by atoms with van der Waals surface area (Å²) in [6.45, 7) is 3.97. The van der Waals surface area contributed by atoms with Gasteiger partial charge >= 0.3 is 0 Å². The number of aromatic nitrogens is 3. The van der Waals surface area contributed by atoms with Crippen molar-refractivity contribution in [1.29, 1.82) is 5.26 Å². The summed E-state index contributed by atoms with van der Waals surface area (Å²) in [5, 5.41) is 16.0. The number of benzene rings is 1. The van der Waals surface area contributed by atoms with Gasteiger partial charge in [-0.05, 0) is 44.2 Å². The second kappa shape index (κ2) is 6.05. The van der Waals surface area contributed by atoms with Crippen LogP contribution >= 0.6 is 0 Å². The van der Waals surface area contributed by atoms with E-state index >= 15 is 0 Å². The van der Waals surface area contributed by atoms with Crippen LogP contribution in [0.2, 0.25) is 0 Å². The number of carbonyl (C=O) groups excluding carboxylic acids is 1. The summed E-state index contributed by atoms with van der Waals surface area (Å²) in [6.07, 6.45) is 1.55. The lowest BCUT2D eigenvalue weighted by Gasteiger charge is -2.12. The lowest BCUT2D eigenvalue weighted by atomic mass is 10.2. The highest BCUT2D eigenvalue weighted by Gasteiger charge is 2.20. The van der Waals surface area contributed by atoms with Crippen LogP contribution in [0.25, 0.3) is 5.82 Å². The molecule has 2 aromatic heterocycles. The van der Waals surface area contributed by atoms with E-state index < -0.39 is 0 Å². The zero-order chi connectivity index (χ0) is 17.3. The molecular weight excluding hydrogens is 302 g/mol. The van der Waals surface area contributed by atoms with E-state index in [0.29, 0.717) is 22.6 Å². The van der Waals surface area contributed by atoms with Crippen molar-refractivity contribution in [3.8, 4) is 11.9 Å². The van der Waals surface area contributed by atoms with E-state index in [2.05, 4.69) is 16.5 Å². The van der Waals surface area contributed by atoms with Crippen LogP contribution in [-0.4, -0.2) is 20.3 Å². The second-order valence-electron chi connectivity index (χ2n) is 5.60. The molecule has 0 bridgehead atoms. The Morgan fingerprint density at radius 1 is 1.21 bits per heavy atom. The molecule has 6 heteroatoms. The molecule has 0 fully saturated rings. The fourth-order valence-electron chi connectivity index (χ4n) is 2.72. The summed E-state index contributed by atoms with van der Waals surface area (Å²) in [5.41, 5.74) is 3.60. The van der Waals surface area contributed by atoms with Crippen LogP contribution in [0.4, 0.5) is 5.69 Å². The molecule has 0 atom stereocenters. The molecule has 0 radical (unpaired) electrons. The molecule has 3 aromatic rings. The minimum absolute atomic E-state index is 0.263. The largest absolute Gasteiger partial charge is 0.322 e. The maximum Gasteiger partial charge on any atom is 0.261 e. The van der Waals surface area contributed by atoms with Gasteiger partial charge in [0.05, 0.1) is 17.8 Å². The Labute approximate surface area is 140 Å². The number of anilines is 1. The molecule has 1 aromatic carbocycles. The predicted octanol–water partition coefficient (Wildman–Crippen LogP) is 2.95. The van der Waals surface area contributed by atoms with Crippen molar-refractivity contribution < 1.29 is 4.79 Å². The number of hydrogen-bond donors (Lipinski definition) is 1. The maximum absolute atomic E-state index is 12.7. The van der Waals surface area contributed by atoms with Gasteiger partial charge in [0.25, 0.3) is 5.91 Å². The van der Waals surface area contributed by atoms with Crippen molar-refractivity contribution in [2.75, 3.05) is 5.32 Å². The predicted molar refractivity (Wildman–Crippen MR) is 91.1 cm³/mol. The van der Waals surface area contributed by atoms with Gasteiger partial charge < -0.3 is 9.88 Å². The number of nitriles is 1. The van der Waals surface area contributed by atoms with Gasteiger partial charge in [0.1, 0.15) is 11.4 Å². The Hall–Kier alpha value is -3.33. The lowest BCUT2D eigenvalue weighted by molar-refractivity contribution is 0.102. The van der Waals surface area contributed by atoms with Crippen molar-refractivity contribution in [3.05, 3.63) is 65.1 Å². The third-order valence-corrected chi connectivity index (χ3v) is 3.88. The van der Waals surface area contributed by atoms with Crippen molar-refractivity contribution in [2.45, 2.75) is 13.8 Å². The van der Waals surface area contributed by atoms with Crippen LogP contribution in [0.15, 0.2) is 42.6 Å². The van der Waals surface area contributed by atoms with Crippen LogP contribution in [-0.2, 0) is 7.05 Å².